The van der Waals surface area contributed by atoms with Crippen molar-refractivity contribution < 1.29 is 33.0 Å². The Morgan fingerprint density at radius 1 is 1.03 bits per heavy atom. The summed E-state index contributed by atoms with van der Waals surface area (Å²) < 4.78 is 35.0. The molecule has 37 heavy (non-hydrogen) atoms. The van der Waals surface area contributed by atoms with Crippen molar-refractivity contribution in [3.8, 4) is 5.75 Å². The van der Waals surface area contributed by atoms with Crippen molar-refractivity contribution in [1.29, 1.82) is 0 Å². The third-order valence-electron chi connectivity index (χ3n) is 6.72. The zero-order valence-corrected chi connectivity index (χ0v) is 20.4. The van der Waals surface area contributed by atoms with Gasteiger partial charge in [-0.1, -0.05) is 29.3 Å². The lowest BCUT2D eigenvalue weighted by molar-refractivity contribution is -0.139. The van der Waals surface area contributed by atoms with Crippen LogP contribution in [0, 0.1) is 11.6 Å². The average molecular weight is 547 g/mol. The molecule has 3 aromatic rings. The van der Waals surface area contributed by atoms with Gasteiger partial charge in [0.05, 0.1) is 6.04 Å². The zero-order chi connectivity index (χ0) is 26.5. The van der Waals surface area contributed by atoms with Crippen LogP contribution < -0.4 is 15.4 Å². The van der Waals surface area contributed by atoms with E-state index in [-0.39, 0.29) is 28.3 Å². The van der Waals surface area contributed by atoms with Crippen LogP contribution in [0.25, 0.3) is 0 Å². The summed E-state index contributed by atoms with van der Waals surface area (Å²) >= 11 is 12.5. The summed E-state index contributed by atoms with van der Waals surface area (Å²) in [6.07, 6.45) is -0.257. The standard InChI is InChI=1S/C26H18Cl2F2N2O5/c27-12-2-6-21(37-11-23(34)35)15(7-12)18-10-22(33)32-24(16-9-14(29)3-5-19(16)30)26(18)17-4-1-13(28)8-20(17)31-25(26)36/h1-9,18,24H,10-11H2,(H,31,36)(H,32,33)(H,34,35)/t18-,24-,26-/m1/s1. The predicted molar refractivity (Wildman–Crippen MR) is 131 cm³/mol. The molecular weight excluding hydrogens is 529 g/mol. The number of rotatable bonds is 5. The first-order chi connectivity index (χ1) is 17.6. The van der Waals surface area contributed by atoms with E-state index in [1.54, 1.807) is 12.1 Å². The van der Waals surface area contributed by atoms with E-state index in [9.17, 15) is 18.8 Å². The number of aliphatic carboxylic acids is 1. The lowest BCUT2D eigenvalue weighted by atomic mass is 9.59. The van der Waals surface area contributed by atoms with E-state index < -0.39 is 53.4 Å². The highest BCUT2D eigenvalue weighted by Crippen LogP contribution is 2.59. The van der Waals surface area contributed by atoms with Gasteiger partial charge >= 0.3 is 5.97 Å². The molecule has 2 aliphatic rings. The number of piperidine rings is 1. The summed E-state index contributed by atoms with van der Waals surface area (Å²) in [5, 5.41) is 15.2. The molecule has 0 unspecified atom stereocenters. The van der Waals surface area contributed by atoms with Crippen LogP contribution in [-0.2, 0) is 19.8 Å². The van der Waals surface area contributed by atoms with E-state index in [0.717, 1.165) is 18.2 Å². The number of amides is 2. The number of fused-ring (bicyclic) bond motifs is 2. The maximum absolute atomic E-state index is 15.2. The van der Waals surface area contributed by atoms with E-state index in [0.29, 0.717) is 16.3 Å². The lowest BCUT2D eigenvalue weighted by Crippen LogP contribution is -2.57. The van der Waals surface area contributed by atoms with E-state index in [1.165, 1.54) is 24.3 Å². The number of halogens is 4. The average Bonchev–Trinajstić information content (AvgIpc) is 3.12. The van der Waals surface area contributed by atoms with Crippen LogP contribution in [0.2, 0.25) is 10.0 Å². The van der Waals surface area contributed by atoms with E-state index in [4.69, 9.17) is 33.0 Å². The van der Waals surface area contributed by atoms with Crippen molar-refractivity contribution in [3.05, 3.63) is 93.0 Å². The minimum Gasteiger partial charge on any atom is -0.482 e. The number of anilines is 1. The smallest absolute Gasteiger partial charge is 0.341 e. The first-order valence-corrected chi connectivity index (χ1v) is 11.9. The summed E-state index contributed by atoms with van der Waals surface area (Å²) in [5.41, 5.74) is -0.927. The van der Waals surface area contributed by atoms with Crippen molar-refractivity contribution in [2.24, 2.45) is 0 Å². The number of hydrogen-bond acceptors (Lipinski definition) is 4. The zero-order valence-electron chi connectivity index (χ0n) is 18.9. The van der Waals surface area contributed by atoms with E-state index in [1.807, 2.05) is 0 Å². The van der Waals surface area contributed by atoms with Crippen molar-refractivity contribution in [2.45, 2.75) is 23.8 Å². The Morgan fingerprint density at radius 2 is 1.76 bits per heavy atom. The number of carboxylic acids is 1. The molecule has 2 aliphatic heterocycles. The van der Waals surface area contributed by atoms with Gasteiger partial charge < -0.3 is 20.5 Å². The summed E-state index contributed by atoms with van der Waals surface area (Å²) in [5.74, 6) is -4.88. The van der Waals surface area contributed by atoms with Crippen molar-refractivity contribution in [3.63, 3.8) is 0 Å². The highest BCUT2D eigenvalue weighted by atomic mass is 35.5. The van der Waals surface area contributed by atoms with Gasteiger partial charge in [-0.15, -0.1) is 0 Å². The normalized spacial score (nSPS) is 22.4. The van der Waals surface area contributed by atoms with Crippen molar-refractivity contribution in [2.75, 3.05) is 11.9 Å². The Morgan fingerprint density at radius 3 is 2.51 bits per heavy atom. The van der Waals surface area contributed by atoms with Gasteiger partial charge in [-0.25, -0.2) is 13.6 Å². The third kappa shape index (κ3) is 4.18. The molecule has 2 amide bonds. The summed E-state index contributed by atoms with van der Waals surface area (Å²) in [6.45, 7) is -0.694. The van der Waals surface area contributed by atoms with Gasteiger partial charge in [-0.3, -0.25) is 9.59 Å². The third-order valence-corrected chi connectivity index (χ3v) is 7.19. The Kier molecular flexibility index (Phi) is 6.29. The minimum absolute atomic E-state index is 0.0829. The second kappa shape index (κ2) is 9.32. The number of carbonyl (C=O) groups excluding carboxylic acids is 2. The number of nitrogens with one attached hydrogen (secondary N) is 2. The number of benzene rings is 3. The molecule has 7 nitrogen and oxygen atoms in total. The fourth-order valence-electron chi connectivity index (χ4n) is 5.32. The monoisotopic (exact) mass is 546 g/mol. The number of carboxylic acid groups (broad SMARTS) is 1. The summed E-state index contributed by atoms with van der Waals surface area (Å²) in [4.78, 5) is 38.2. The Labute approximate surface area is 219 Å². The highest BCUT2D eigenvalue weighted by Gasteiger charge is 2.62. The lowest BCUT2D eigenvalue weighted by Gasteiger charge is -2.46. The Bertz CT molecular complexity index is 1470. The van der Waals surface area contributed by atoms with Gasteiger partial charge in [0, 0.05) is 39.2 Å². The summed E-state index contributed by atoms with van der Waals surface area (Å²) in [6, 6.07) is 10.5. The topological polar surface area (TPSA) is 105 Å². The molecular formula is C26H18Cl2F2N2O5. The molecule has 190 valence electrons. The van der Waals surface area contributed by atoms with Crippen molar-refractivity contribution in [1.82, 2.24) is 5.32 Å². The van der Waals surface area contributed by atoms with Crippen LogP contribution in [0.4, 0.5) is 14.5 Å². The van der Waals surface area contributed by atoms with E-state index >= 15 is 4.39 Å². The number of ether oxygens (including phenoxy) is 1. The molecule has 11 heteroatoms. The first-order valence-electron chi connectivity index (χ1n) is 11.1. The maximum Gasteiger partial charge on any atom is 0.341 e. The van der Waals surface area contributed by atoms with Crippen LogP contribution in [0.15, 0.2) is 54.6 Å². The Hall–Kier alpha value is -3.69. The molecule has 0 saturated carbocycles. The minimum atomic E-state index is -1.70. The number of carbonyl (C=O) groups is 3. The second-order valence-electron chi connectivity index (χ2n) is 8.80. The van der Waals surface area contributed by atoms with Gasteiger partial charge in [0.2, 0.25) is 11.8 Å². The van der Waals surface area contributed by atoms with Gasteiger partial charge in [-0.2, -0.15) is 0 Å². The van der Waals surface area contributed by atoms with Gasteiger partial charge in [0.25, 0.3) is 0 Å². The van der Waals surface area contributed by atoms with E-state index in [2.05, 4.69) is 10.6 Å². The molecule has 1 spiro atoms. The molecule has 0 bridgehead atoms. The Balaban J connectivity index is 1.81. The van der Waals surface area contributed by atoms with Crippen LogP contribution in [-0.4, -0.2) is 29.5 Å². The molecule has 0 aliphatic carbocycles. The van der Waals surface area contributed by atoms with Gasteiger partial charge in [0.15, 0.2) is 6.61 Å². The molecule has 3 N–H and O–H groups in total. The van der Waals surface area contributed by atoms with Crippen LogP contribution in [0.1, 0.15) is 35.1 Å². The molecule has 2 heterocycles. The largest absolute Gasteiger partial charge is 0.482 e. The van der Waals surface area contributed by atoms with Crippen LogP contribution >= 0.6 is 23.2 Å². The van der Waals surface area contributed by atoms with Crippen LogP contribution in [0.5, 0.6) is 5.75 Å². The molecule has 1 fully saturated rings. The fraction of sp³-hybridized carbons (Fsp3) is 0.192. The molecule has 0 radical (unpaired) electrons. The van der Waals surface area contributed by atoms with Crippen molar-refractivity contribution >= 4 is 46.7 Å². The quantitative estimate of drug-likeness (QED) is 0.419. The number of hydrogen-bond donors (Lipinski definition) is 3. The summed E-state index contributed by atoms with van der Waals surface area (Å²) in [7, 11) is 0. The molecule has 3 aromatic carbocycles. The fourth-order valence-corrected chi connectivity index (χ4v) is 5.67. The maximum atomic E-state index is 15.2. The van der Waals surface area contributed by atoms with Gasteiger partial charge in [0.1, 0.15) is 22.8 Å². The molecule has 5 rings (SSSR count). The van der Waals surface area contributed by atoms with Crippen LogP contribution in [0.3, 0.4) is 0 Å². The SMILES string of the molecule is O=C(O)COc1ccc(Cl)cc1[C@H]1CC(=O)N[C@H](c2cc(F)ccc2F)[C@]12C(=O)Nc1cc(Cl)ccc12. The molecule has 1 saturated heterocycles. The highest BCUT2D eigenvalue weighted by molar-refractivity contribution is 6.31. The second-order valence-corrected chi connectivity index (χ2v) is 9.67. The predicted octanol–water partition coefficient (Wildman–Crippen LogP) is 4.97. The first kappa shape index (κ1) is 25.0. The molecule has 3 atom stereocenters. The van der Waals surface area contributed by atoms with Gasteiger partial charge in [-0.05, 0) is 54.1 Å². The molecule has 0 aromatic heterocycles.